The van der Waals surface area contributed by atoms with E-state index in [-0.39, 0.29) is 28.5 Å². The molecule has 1 amide bonds. The van der Waals surface area contributed by atoms with E-state index in [4.69, 9.17) is 11.6 Å². The smallest absolute Gasteiger partial charge is 0.235 e. The van der Waals surface area contributed by atoms with Gasteiger partial charge in [-0.15, -0.1) is 11.8 Å². The lowest BCUT2D eigenvalue weighted by Crippen LogP contribution is -2.62. The van der Waals surface area contributed by atoms with Crippen LogP contribution in [0, 0.1) is 5.92 Å². The van der Waals surface area contributed by atoms with Gasteiger partial charge in [0.2, 0.25) is 5.91 Å². The molecule has 1 fully saturated rings. The number of rotatable bonds is 7. The van der Waals surface area contributed by atoms with Crippen LogP contribution in [0.25, 0.3) is 0 Å². The average molecular weight is 414 g/mol. The molecule has 1 aromatic rings. The number of aliphatic hydroxyl groups excluding tert-OH is 1. The van der Waals surface area contributed by atoms with Crippen LogP contribution >= 0.6 is 23.4 Å². The summed E-state index contributed by atoms with van der Waals surface area (Å²) >= 11 is 7.39. The Hall–Kier alpha value is -1.15. The summed E-state index contributed by atoms with van der Waals surface area (Å²) in [5.41, 5.74) is -0.00983. The molecule has 0 spiro atoms. The molecule has 3 unspecified atom stereocenters. The van der Waals surface area contributed by atoms with Crippen molar-refractivity contribution in [1.82, 2.24) is 4.90 Å². The Morgan fingerprint density at radius 1 is 1.46 bits per heavy atom. The largest absolute Gasteiger partial charge is 0.543 e. The minimum atomic E-state index is -1.32. The van der Waals surface area contributed by atoms with E-state index in [2.05, 4.69) is 6.26 Å². The molecular formula is C18H20ClNO4S2. The first-order valence-corrected chi connectivity index (χ1v) is 11.4. The number of β-lactam (4-membered cyclic amide) rings is 1. The van der Waals surface area contributed by atoms with Crippen LogP contribution in [0.1, 0.15) is 13.3 Å². The van der Waals surface area contributed by atoms with Crippen LogP contribution in [0.3, 0.4) is 0 Å². The van der Waals surface area contributed by atoms with Crippen LogP contribution in [-0.2, 0) is 20.5 Å². The molecule has 1 aromatic carbocycles. The summed E-state index contributed by atoms with van der Waals surface area (Å²) in [6.45, 7) is 1.57. The number of halogens is 1. The number of carbonyl (C=O) groups excluding carboxylic acids is 2. The molecule has 2 aliphatic rings. The van der Waals surface area contributed by atoms with Gasteiger partial charge in [0.25, 0.3) is 0 Å². The molecule has 0 radical (unpaired) electrons. The Labute approximate surface area is 164 Å². The first kappa shape index (κ1) is 19.6. The van der Waals surface area contributed by atoms with Crippen LogP contribution in [0.5, 0.6) is 0 Å². The normalized spacial score (nSPS) is 24.3. The molecule has 8 heteroatoms. The number of fused-ring (bicyclic) bond motifs is 1. The SMILES string of the molecule is C[C@@H](O)C1C(=O)N2C(C(=O)[O-])=C(SCC[S+](C)c3ccc(Cl)cc3)CC12. The van der Waals surface area contributed by atoms with Crippen molar-refractivity contribution in [2.45, 2.75) is 30.4 Å². The Morgan fingerprint density at radius 3 is 2.69 bits per heavy atom. The van der Waals surface area contributed by atoms with Gasteiger partial charge < -0.3 is 19.9 Å². The third-order valence-corrected chi connectivity index (χ3v) is 8.28. The third-order valence-electron chi connectivity index (χ3n) is 4.76. The second-order valence-electron chi connectivity index (χ2n) is 6.45. The van der Waals surface area contributed by atoms with Crippen molar-refractivity contribution in [2.24, 2.45) is 5.92 Å². The van der Waals surface area contributed by atoms with Crippen LogP contribution in [0.2, 0.25) is 5.02 Å². The topological polar surface area (TPSA) is 80.7 Å². The van der Waals surface area contributed by atoms with Gasteiger partial charge in [0.1, 0.15) is 12.0 Å². The van der Waals surface area contributed by atoms with Gasteiger partial charge in [-0.1, -0.05) is 11.6 Å². The highest BCUT2D eigenvalue weighted by Gasteiger charge is 2.55. The van der Waals surface area contributed by atoms with E-state index in [1.165, 1.54) is 21.6 Å². The summed E-state index contributed by atoms with van der Waals surface area (Å²) in [5, 5.41) is 22.0. The number of nitrogens with zero attached hydrogens (tertiary/aromatic N) is 1. The number of amides is 1. The Balaban J connectivity index is 1.63. The first-order valence-electron chi connectivity index (χ1n) is 8.27. The number of aliphatic hydroxyl groups is 1. The van der Waals surface area contributed by atoms with E-state index < -0.39 is 18.0 Å². The number of hydrogen-bond acceptors (Lipinski definition) is 5. The van der Waals surface area contributed by atoms with Gasteiger partial charge in [0.05, 0.1) is 29.7 Å². The highest BCUT2D eigenvalue weighted by Crippen LogP contribution is 2.46. The van der Waals surface area contributed by atoms with Crippen LogP contribution < -0.4 is 5.11 Å². The van der Waals surface area contributed by atoms with Gasteiger partial charge in [-0.25, -0.2) is 0 Å². The van der Waals surface area contributed by atoms with Crippen molar-refractivity contribution >= 4 is 46.1 Å². The molecule has 2 aliphatic heterocycles. The lowest BCUT2D eigenvalue weighted by atomic mass is 9.83. The highest BCUT2D eigenvalue weighted by atomic mass is 35.5. The maximum absolute atomic E-state index is 12.2. The quantitative estimate of drug-likeness (QED) is 0.537. The predicted molar refractivity (Wildman–Crippen MR) is 103 cm³/mol. The molecule has 0 saturated carbocycles. The fraction of sp³-hybridized carbons (Fsp3) is 0.444. The number of carboxylic acid groups (broad SMARTS) is 1. The fourth-order valence-electron chi connectivity index (χ4n) is 3.42. The van der Waals surface area contributed by atoms with Crippen molar-refractivity contribution in [3.63, 3.8) is 0 Å². The molecule has 1 N–H and O–H groups in total. The van der Waals surface area contributed by atoms with Crippen molar-refractivity contribution in [2.75, 3.05) is 17.8 Å². The summed E-state index contributed by atoms with van der Waals surface area (Å²) in [7, 11) is 0.0275. The Morgan fingerprint density at radius 2 is 2.12 bits per heavy atom. The Bertz CT molecular complexity index is 750. The average Bonchev–Trinajstić information content (AvgIpc) is 2.89. The molecule has 26 heavy (non-hydrogen) atoms. The molecule has 0 bridgehead atoms. The van der Waals surface area contributed by atoms with Crippen molar-refractivity contribution < 1.29 is 19.8 Å². The van der Waals surface area contributed by atoms with Gasteiger partial charge >= 0.3 is 0 Å². The standard InChI is InChI=1S/C18H20ClNO4S2/c1-10(21)15-13-9-14(16(18(23)24)20(13)17(15)22)25-7-8-26(2)12-5-3-11(19)4-6-12/h3-6,10,13,15,21H,7-9H2,1-2H3/t10-,13?,15?,26?/m1/s1. The van der Waals surface area contributed by atoms with Crippen molar-refractivity contribution in [3.8, 4) is 0 Å². The van der Waals surface area contributed by atoms with E-state index in [0.717, 1.165) is 11.5 Å². The number of carbonyl (C=O) groups is 2. The maximum Gasteiger partial charge on any atom is 0.235 e. The number of aliphatic carboxylic acids is 1. The van der Waals surface area contributed by atoms with Gasteiger partial charge in [-0.2, -0.15) is 0 Å². The summed E-state index contributed by atoms with van der Waals surface area (Å²) in [4.78, 5) is 26.9. The molecular weight excluding hydrogens is 394 g/mol. The lowest BCUT2D eigenvalue weighted by molar-refractivity contribution is -0.301. The molecule has 140 valence electrons. The van der Waals surface area contributed by atoms with E-state index in [1.807, 2.05) is 24.3 Å². The molecule has 5 nitrogen and oxygen atoms in total. The molecule has 0 aliphatic carbocycles. The summed E-state index contributed by atoms with van der Waals surface area (Å²) in [6.07, 6.45) is 1.85. The van der Waals surface area contributed by atoms with E-state index in [0.29, 0.717) is 16.3 Å². The van der Waals surface area contributed by atoms with E-state index >= 15 is 0 Å². The second-order valence-corrected chi connectivity index (χ2v) is 10.2. The predicted octanol–water partition coefficient (Wildman–Crippen LogP) is 1.25. The summed E-state index contributed by atoms with van der Waals surface area (Å²) in [5.74, 6) is -0.508. The molecule has 2 heterocycles. The zero-order chi connectivity index (χ0) is 19.0. The lowest BCUT2D eigenvalue weighted by Gasteiger charge is -2.45. The Kier molecular flexibility index (Phi) is 5.91. The minimum absolute atomic E-state index is 0.00983. The first-order chi connectivity index (χ1) is 12.3. The summed E-state index contributed by atoms with van der Waals surface area (Å²) < 4.78 is 0. The van der Waals surface area contributed by atoms with Gasteiger partial charge in [-0.3, -0.25) is 4.79 Å². The zero-order valence-corrected chi connectivity index (χ0v) is 16.9. The fourth-order valence-corrected chi connectivity index (χ4v) is 6.57. The third kappa shape index (κ3) is 3.63. The minimum Gasteiger partial charge on any atom is -0.543 e. The second kappa shape index (κ2) is 7.84. The van der Waals surface area contributed by atoms with Gasteiger partial charge in [-0.05, 0) is 31.2 Å². The number of hydrogen-bond donors (Lipinski definition) is 1. The van der Waals surface area contributed by atoms with E-state index in [1.54, 1.807) is 6.92 Å². The van der Waals surface area contributed by atoms with Crippen molar-refractivity contribution in [3.05, 3.63) is 39.9 Å². The summed E-state index contributed by atoms with van der Waals surface area (Å²) in [6, 6.07) is 7.50. The number of benzene rings is 1. The van der Waals surface area contributed by atoms with Crippen LogP contribution in [-0.4, -0.2) is 51.8 Å². The molecule has 4 atom stereocenters. The zero-order valence-electron chi connectivity index (χ0n) is 14.5. The van der Waals surface area contributed by atoms with Gasteiger partial charge in [0.15, 0.2) is 4.90 Å². The molecule has 3 rings (SSSR count). The monoisotopic (exact) mass is 413 g/mol. The van der Waals surface area contributed by atoms with Crippen LogP contribution in [0.4, 0.5) is 0 Å². The van der Waals surface area contributed by atoms with E-state index in [9.17, 15) is 19.8 Å². The van der Waals surface area contributed by atoms with Crippen molar-refractivity contribution in [1.29, 1.82) is 0 Å². The van der Waals surface area contributed by atoms with Gasteiger partial charge in [0, 0.05) is 33.0 Å². The number of carboxylic acids is 1. The highest BCUT2D eigenvalue weighted by molar-refractivity contribution is 8.04. The maximum atomic E-state index is 12.2. The van der Waals surface area contributed by atoms with Crippen LogP contribution in [0.15, 0.2) is 39.8 Å². The molecule has 0 aromatic heterocycles. The molecule has 1 saturated heterocycles. The number of thioether (sulfide) groups is 1.